The van der Waals surface area contributed by atoms with Gasteiger partial charge in [0, 0.05) is 28.4 Å². The second-order valence-electron chi connectivity index (χ2n) is 6.52. The summed E-state index contributed by atoms with van der Waals surface area (Å²) in [7, 11) is 0. The number of carbonyl (C=O) groups is 1. The lowest BCUT2D eigenvalue weighted by Gasteiger charge is -2.16. The molecule has 1 unspecified atom stereocenters. The van der Waals surface area contributed by atoms with E-state index in [-0.39, 0.29) is 37.0 Å². The van der Waals surface area contributed by atoms with E-state index < -0.39 is 6.04 Å². The Morgan fingerprint density at radius 2 is 2.17 bits per heavy atom. The molecule has 0 saturated heterocycles. The minimum Gasteiger partial charge on any atom is -0.348 e. The van der Waals surface area contributed by atoms with E-state index in [1.807, 2.05) is 30.3 Å². The molecule has 1 aliphatic heterocycles. The Kier molecular flexibility index (Phi) is 6.31. The lowest BCUT2D eigenvalue weighted by Crippen LogP contribution is -2.23. The molecular formula is C19H19ClFN5O2S. The van der Waals surface area contributed by atoms with Crippen LogP contribution < -0.4 is 16.7 Å². The summed E-state index contributed by atoms with van der Waals surface area (Å²) in [4.78, 5) is 25.7. The van der Waals surface area contributed by atoms with Crippen LogP contribution in [-0.4, -0.2) is 27.2 Å². The summed E-state index contributed by atoms with van der Waals surface area (Å²) in [6, 6.07) is 9.20. The molecule has 3 heterocycles. The molecule has 3 aromatic rings. The number of hydrogen-bond acceptors (Lipinski definition) is 5. The Balaban J connectivity index is 0.00000240. The third-order valence-corrected chi connectivity index (χ3v) is 6.05. The lowest BCUT2D eigenvalue weighted by atomic mass is 10.0. The average molecular weight is 436 g/mol. The molecule has 152 valence electrons. The maximum Gasteiger partial charge on any atom is 0.343 e. The molecule has 1 amide bonds. The highest BCUT2D eigenvalue weighted by atomic mass is 35.5. The first-order chi connectivity index (χ1) is 13.6. The summed E-state index contributed by atoms with van der Waals surface area (Å²) in [5, 5.41) is 8.97. The van der Waals surface area contributed by atoms with Crippen LogP contribution >= 0.6 is 23.7 Å². The summed E-state index contributed by atoms with van der Waals surface area (Å²) in [6.07, 6.45) is 2.18. The molecule has 0 spiro atoms. The van der Waals surface area contributed by atoms with Crippen LogP contribution in [0.4, 0.5) is 4.39 Å². The third kappa shape index (κ3) is 4.02. The topological polar surface area (TPSA) is 106 Å². The van der Waals surface area contributed by atoms with Gasteiger partial charge in [0.1, 0.15) is 6.33 Å². The maximum absolute atomic E-state index is 13.1. The number of aromatic amines is 1. The SMILES string of the molecule is Cl.NC/C(=C/F)CC(c1ccc(-c2ccc3c(c2)CNC3=O)s1)n1cn[nH]c1=O. The quantitative estimate of drug-likeness (QED) is 0.553. The van der Waals surface area contributed by atoms with Crippen LogP contribution in [0, 0.1) is 0 Å². The Bertz CT molecular complexity index is 1120. The van der Waals surface area contributed by atoms with Crippen LogP contribution in [0.2, 0.25) is 0 Å². The first kappa shape index (κ1) is 21.0. The van der Waals surface area contributed by atoms with Crippen LogP contribution in [0.1, 0.15) is 33.3 Å². The van der Waals surface area contributed by atoms with E-state index in [1.165, 1.54) is 22.2 Å². The van der Waals surface area contributed by atoms with Crippen molar-refractivity contribution in [3.05, 3.63) is 75.1 Å². The number of H-pyrrole nitrogens is 1. The number of benzene rings is 1. The molecule has 2 aromatic heterocycles. The van der Waals surface area contributed by atoms with Gasteiger partial charge in [-0.05, 0) is 47.4 Å². The predicted octanol–water partition coefficient (Wildman–Crippen LogP) is 2.76. The number of carbonyl (C=O) groups excluding carboxylic acids is 1. The number of fused-ring (bicyclic) bond motifs is 1. The predicted molar refractivity (Wildman–Crippen MR) is 112 cm³/mol. The zero-order chi connectivity index (χ0) is 19.7. The van der Waals surface area contributed by atoms with Gasteiger partial charge in [0.25, 0.3) is 5.91 Å². The molecule has 0 fully saturated rings. The van der Waals surface area contributed by atoms with Crippen LogP contribution in [0.5, 0.6) is 0 Å². The Morgan fingerprint density at radius 1 is 1.34 bits per heavy atom. The monoisotopic (exact) mass is 435 g/mol. The number of halogens is 2. The molecule has 7 nitrogen and oxygen atoms in total. The van der Waals surface area contributed by atoms with Gasteiger partial charge in [-0.1, -0.05) is 6.07 Å². The number of nitrogens with zero attached hydrogens (tertiary/aromatic N) is 2. The van der Waals surface area contributed by atoms with Crippen molar-refractivity contribution in [2.45, 2.75) is 19.0 Å². The van der Waals surface area contributed by atoms with Gasteiger partial charge in [0.05, 0.1) is 12.4 Å². The van der Waals surface area contributed by atoms with E-state index in [0.717, 1.165) is 20.9 Å². The summed E-state index contributed by atoms with van der Waals surface area (Å²) >= 11 is 1.51. The van der Waals surface area contributed by atoms with E-state index in [2.05, 4.69) is 15.5 Å². The second-order valence-corrected chi connectivity index (χ2v) is 7.63. The van der Waals surface area contributed by atoms with Crippen molar-refractivity contribution in [1.82, 2.24) is 20.1 Å². The highest BCUT2D eigenvalue weighted by Gasteiger charge is 2.22. The smallest absolute Gasteiger partial charge is 0.343 e. The van der Waals surface area contributed by atoms with Crippen molar-refractivity contribution in [1.29, 1.82) is 0 Å². The molecule has 0 saturated carbocycles. The molecule has 1 aliphatic rings. The summed E-state index contributed by atoms with van der Waals surface area (Å²) in [5.74, 6) is -0.0554. The van der Waals surface area contributed by atoms with Gasteiger partial charge in [-0.3, -0.25) is 9.36 Å². The zero-order valence-electron chi connectivity index (χ0n) is 15.2. The van der Waals surface area contributed by atoms with Gasteiger partial charge in [-0.15, -0.1) is 23.7 Å². The first-order valence-corrected chi connectivity index (χ1v) is 9.53. The van der Waals surface area contributed by atoms with Crippen molar-refractivity contribution in [2.75, 3.05) is 6.54 Å². The number of thiophene rings is 1. The fourth-order valence-electron chi connectivity index (χ4n) is 3.31. The fourth-order valence-corrected chi connectivity index (χ4v) is 4.41. The number of rotatable bonds is 6. The van der Waals surface area contributed by atoms with E-state index in [4.69, 9.17) is 5.73 Å². The number of nitrogens with one attached hydrogen (secondary N) is 2. The first-order valence-electron chi connectivity index (χ1n) is 8.71. The van der Waals surface area contributed by atoms with Crippen molar-refractivity contribution >= 4 is 29.7 Å². The van der Waals surface area contributed by atoms with Crippen molar-refractivity contribution in [3.8, 4) is 10.4 Å². The Hall–Kier alpha value is -2.75. The second kappa shape index (κ2) is 8.73. The van der Waals surface area contributed by atoms with Crippen molar-refractivity contribution < 1.29 is 9.18 Å². The van der Waals surface area contributed by atoms with Crippen LogP contribution in [-0.2, 0) is 6.54 Å². The van der Waals surface area contributed by atoms with Crippen molar-refractivity contribution in [3.63, 3.8) is 0 Å². The van der Waals surface area contributed by atoms with Gasteiger partial charge in [0.2, 0.25) is 0 Å². The standard InChI is InChI=1S/C19H18FN5O2S.ClH/c20-7-11(8-21)5-15(25-10-23-24-19(25)27)17-4-3-16(28-17)12-1-2-14-13(6-12)9-22-18(14)26;/h1-4,6-7,10,15H,5,8-9,21H2,(H,22,26)(H,24,27);1H/b11-7+;. The number of hydrogen-bond donors (Lipinski definition) is 3. The normalized spacial score (nSPS) is 14.3. The van der Waals surface area contributed by atoms with E-state index in [0.29, 0.717) is 24.0 Å². The van der Waals surface area contributed by atoms with Crippen LogP contribution in [0.3, 0.4) is 0 Å². The molecular weight excluding hydrogens is 417 g/mol. The van der Waals surface area contributed by atoms with Gasteiger partial charge in [0.15, 0.2) is 0 Å². The Morgan fingerprint density at radius 3 is 2.86 bits per heavy atom. The van der Waals surface area contributed by atoms with Gasteiger partial charge >= 0.3 is 5.69 Å². The molecule has 0 bridgehead atoms. The molecule has 29 heavy (non-hydrogen) atoms. The van der Waals surface area contributed by atoms with E-state index in [9.17, 15) is 14.0 Å². The largest absolute Gasteiger partial charge is 0.348 e. The fraction of sp³-hybridized carbons (Fsp3) is 0.211. The molecule has 0 radical (unpaired) electrons. The Labute approximate surface area is 175 Å². The molecule has 1 aromatic carbocycles. The molecule has 1 atom stereocenters. The lowest BCUT2D eigenvalue weighted by molar-refractivity contribution is 0.0966. The summed E-state index contributed by atoms with van der Waals surface area (Å²) in [5.41, 5.74) is 8.31. The van der Waals surface area contributed by atoms with Crippen LogP contribution in [0.25, 0.3) is 10.4 Å². The summed E-state index contributed by atoms with van der Waals surface area (Å²) in [6.45, 7) is 0.595. The summed E-state index contributed by atoms with van der Waals surface area (Å²) < 4.78 is 14.6. The van der Waals surface area contributed by atoms with E-state index in [1.54, 1.807) is 0 Å². The van der Waals surface area contributed by atoms with Gasteiger partial charge in [-0.2, -0.15) is 5.10 Å². The van der Waals surface area contributed by atoms with Gasteiger partial charge < -0.3 is 11.1 Å². The zero-order valence-corrected chi connectivity index (χ0v) is 16.9. The molecule has 0 aliphatic carbocycles. The highest BCUT2D eigenvalue weighted by molar-refractivity contribution is 7.15. The van der Waals surface area contributed by atoms with Crippen LogP contribution in [0.15, 0.2) is 53.4 Å². The highest BCUT2D eigenvalue weighted by Crippen LogP contribution is 2.36. The number of aromatic nitrogens is 3. The third-order valence-electron chi connectivity index (χ3n) is 4.81. The van der Waals surface area contributed by atoms with E-state index >= 15 is 0 Å². The minimum absolute atomic E-state index is 0. The number of nitrogens with two attached hydrogens (primary N) is 1. The van der Waals surface area contributed by atoms with Gasteiger partial charge in [-0.25, -0.2) is 14.3 Å². The van der Waals surface area contributed by atoms with Crippen molar-refractivity contribution in [2.24, 2.45) is 5.73 Å². The minimum atomic E-state index is -0.409. The average Bonchev–Trinajstić information content (AvgIpc) is 3.44. The molecule has 4 N–H and O–H groups in total. The molecule has 4 rings (SSSR count). The number of amides is 1. The maximum atomic E-state index is 13.1. The molecule has 10 heteroatoms.